The first-order chi connectivity index (χ1) is 16.5. The van der Waals surface area contributed by atoms with Crippen LogP contribution in [0.1, 0.15) is 40.2 Å². The number of para-hydroxylation sites is 2. The second kappa shape index (κ2) is 11.2. The van der Waals surface area contributed by atoms with Crippen LogP contribution in [0.5, 0.6) is 5.75 Å². The quantitative estimate of drug-likeness (QED) is 0.280. The average Bonchev–Trinajstić information content (AvgIpc) is 3.19. The number of imidazole rings is 1. The monoisotopic (exact) mass is 475 g/mol. The lowest BCUT2D eigenvalue weighted by Crippen LogP contribution is -2.25. The van der Waals surface area contributed by atoms with E-state index in [9.17, 15) is 4.79 Å². The van der Waals surface area contributed by atoms with Gasteiger partial charge in [0.25, 0.3) is 5.91 Å². The van der Waals surface area contributed by atoms with E-state index in [0.29, 0.717) is 18.7 Å². The van der Waals surface area contributed by atoms with Gasteiger partial charge in [0.15, 0.2) is 0 Å². The Morgan fingerprint density at radius 3 is 2.71 bits per heavy atom. The van der Waals surface area contributed by atoms with Gasteiger partial charge in [0.1, 0.15) is 11.6 Å². The lowest BCUT2D eigenvalue weighted by Gasteiger charge is -2.11. The van der Waals surface area contributed by atoms with Crippen LogP contribution in [0, 0.1) is 13.8 Å². The number of hydrogen-bond acceptors (Lipinski definition) is 3. The Labute approximate surface area is 205 Å². The number of halogens is 1. The Kier molecular flexibility index (Phi) is 7.86. The molecule has 1 aromatic heterocycles. The highest BCUT2D eigenvalue weighted by atomic mass is 35.5. The molecule has 0 radical (unpaired) electrons. The minimum atomic E-state index is -0.0354. The molecule has 34 heavy (non-hydrogen) atoms. The van der Waals surface area contributed by atoms with Crippen molar-refractivity contribution in [3.63, 3.8) is 0 Å². The maximum atomic E-state index is 12.4. The van der Waals surface area contributed by atoms with E-state index < -0.39 is 0 Å². The maximum Gasteiger partial charge on any atom is 0.251 e. The number of nitrogens with one attached hydrogen (secondary N) is 1. The van der Waals surface area contributed by atoms with Gasteiger partial charge in [-0.3, -0.25) is 4.79 Å². The van der Waals surface area contributed by atoms with E-state index in [2.05, 4.69) is 16.0 Å². The van der Waals surface area contributed by atoms with Crippen LogP contribution in [-0.4, -0.2) is 28.6 Å². The van der Waals surface area contributed by atoms with E-state index in [-0.39, 0.29) is 5.91 Å². The van der Waals surface area contributed by atoms with Crippen LogP contribution in [0.15, 0.2) is 66.7 Å². The molecule has 0 atom stereocenters. The molecule has 5 nitrogen and oxygen atoms in total. The van der Waals surface area contributed by atoms with E-state index in [0.717, 1.165) is 64.6 Å². The number of aromatic nitrogens is 2. The summed E-state index contributed by atoms with van der Waals surface area (Å²) in [5.74, 6) is 1.84. The summed E-state index contributed by atoms with van der Waals surface area (Å²) in [6.45, 7) is 6.00. The normalized spacial score (nSPS) is 11.0. The molecule has 6 heteroatoms. The standard InChI is InChI=1S/C28H30ClN3O2/c1-20-8-5-9-22(18-20)28(33)30-15-6-12-27-31-25-10-3-4-11-26(25)32(27)16-7-17-34-23-13-14-24(29)21(2)19-23/h3-5,8-11,13-14,18-19H,6-7,12,15-17H2,1-2H3,(H,30,33). The van der Waals surface area contributed by atoms with Crippen molar-refractivity contribution in [3.05, 3.63) is 94.3 Å². The molecule has 1 heterocycles. The molecule has 0 saturated heterocycles. The third kappa shape index (κ3) is 5.97. The molecular weight excluding hydrogens is 446 g/mol. The Hall–Kier alpha value is -3.31. The molecule has 176 valence electrons. The van der Waals surface area contributed by atoms with Crippen molar-refractivity contribution in [2.45, 2.75) is 39.7 Å². The number of fused-ring (bicyclic) bond motifs is 1. The minimum Gasteiger partial charge on any atom is -0.494 e. The predicted molar refractivity (Wildman–Crippen MR) is 138 cm³/mol. The maximum absolute atomic E-state index is 12.4. The van der Waals surface area contributed by atoms with Crippen LogP contribution in [0.4, 0.5) is 0 Å². The number of aryl methyl sites for hydroxylation is 4. The molecule has 1 N–H and O–H groups in total. The Balaban J connectivity index is 1.33. The molecule has 4 aromatic rings. The number of benzene rings is 3. The van der Waals surface area contributed by atoms with Crippen molar-refractivity contribution in [3.8, 4) is 5.75 Å². The lowest BCUT2D eigenvalue weighted by atomic mass is 10.1. The van der Waals surface area contributed by atoms with Gasteiger partial charge in [0, 0.05) is 30.1 Å². The summed E-state index contributed by atoms with van der Waals surface area (Å²) in [5.41, 5.74) is 4.91. The summed E-state index contributed by atoms with van der Waals surface area (Å²) >= 11 is 6.10. The van der Waals surface area contributed by atoms with Crippen molar-refractivity contribution in [1.29, 1.82) is 0 Å². The number of rotatable bonds is 10. The molecule has 0 aliphatic carbocycles. The topological polar surface area (TPSA) is 56.2 Å². The van der Waals surface area contributed by atoms with Crippen molar-refractivity contribution < 1.29 is 9.53 Å². The molecule has 3 aromatic carbocycles. The Morgan fingerprint density at radius 2 is 1.88 bits per heavy atom. The molecule has 0 saturated carbocycles. The molecule has 0 unspecified atom stereocenters. The molecule has 0 aliphatic rings. The first-order valence-corrected chi connectivity index (χ1v) is 12.1. The molecule has 0 spiro atoms. The third-order valence-electron chi connectivity index (χ3n) is 5.80. The highest BCUT2D eigenvalue weighted by Gasteiger charge is 2.11. The average molecular weight is 476 g/mol. The van der Waals surface area contributed by atoms with E-state index in [1.54, 1.807) is 0 Å². The van der Waals surface area contributed by atoms with Crippen molar-refractivity contribution in [1.82, 2.24) is 14.9 Å². The predicted octanol–water partition coefficient (Wildman–Crippen LogP) is 6.14. The Morgan fingerprint density at radius 1 is 1.03 bits per heavy atom. The summed E-state index contributed by atoms with van der Waals surface area (Å²) in [6, 6.07) is 21.6. The van der Waals surface area contributed by atoms with Gasteiger partial charge in [0.05, 0.1) is 17.6 Å². The van der Waals surface area contributed by atoms with Gasteiger partial charge in [-0.1, -0.05) is 41.4 Å². The van der Waals surface area contributed by atoms with Gasteiger partial charge in [-0.25, -0.2) is 4.98 Å². The highest BCUT2D eigenvalue weighted by Crippen LogP contribution is 2.22. The van der Waals surface area contributed by atoms with Crippen LogP contribution < -0.4 is 10.1 Å². The fourth-order valence-electron chi connectivity index (χ4n) is 4.02. The number of carbonyl (C=O) groups is 1. The number of hydrogen-bond donors (Lipinski definition) is 1. The van der Waals surface area contributed by atoms with Gasteiger partial charge in [-0.15, -0.1) is 0 Å². The molecular formula is C28H30ClN3O2. The number of carbonyl (C=O) groups excluding carboxylic acids is 1. The van der Waals surface area contributed by atoms with Gasteiger partial charge in [-0.2, -0.15) is 0 Å². The van der Waals surface area contributed by atoms with Gasteiger partial charge in [0.2, 0.25) is 0 Å². The second-order valence-corrected chi connectivity index (χ2v) is 8.92. The second-order valence-electron chi connectivity index (χ2n) is 8.51. The molecule has 0 bridgehead atoms. The molecule has 1 amide bonds. The van der Waals surface area contributed by atoms with Gasteiger partial charge >= 0.3 is 0 Å². The Bertz CT molecular complexity index is 1280. The van der Waals surface area contributed by atoms with Crippen molar-refractivity contribution >= 4 is 28.5 Å². The molecule has 0 aliphatic heterocycles. The van der Waals surface area contributed by atoms with Crippen LogP contribution in [0.2, 0.25) is 5.02 Å². The summed E-state index contributed by atoms with van der Waals surface area (Å²) in [5, 5.41) is 3.77. The summed E-state index contributed by atoms with van der Waals surface area (Å²) in [7, 11) is 0. The van der Waals surface area contributed by atoms with Crippen molar-refractivity contribution in [2.24, 2.45) is 0 Å². The van der Waals surface area contributed by atoms with Crippen LogP contribution in [0.3, 0.4) is 0 Å². The number of nitrogens with zero attached hydrogens (tertiary/aromatic N) is 2. The van der Waals surface area contributed by atoms with Gasteiger partial charge < -0.3 is 14.6 Å². The summed E-state index contributed by atoms with van der Waals surface area (Å²) < 4.78 is 8.20. The van der Waals surface area contributed by atoms with E-state index >= 15 is 0 Å². The zero-order valence-electron chi connectivity index (χ0n) is 19.7. The van der Waals surface area contributed by atoms with Crippen molar-refractivity contribution in [2.75, 3.05) is 13.2 Å². The van der Waals surface area contributed by atoms with E-state index in [4.69, 9.17) is 21.3 Å². The molecule has 4 rings (SSSR count). The van der Waals surface area contributed by atoms with Crippen LogP contribution in [-0.2, 0) is 13.0 Å². The van der Waals surface area contributed by atoms with Gasteiger partial charge in [-0.05, 0) is 74.7 Å². The smallest absolute Gasteiger partial charge is 0.251 e. The van der Waals surface area contributed by atoms with E-state index in [1.807, 2.05) is 74.5 Å². The summed E-state index contributed by atoms with van der Waals surface area (Å²) in [4.78, 5) is 17.2. The number of amides is 1. The molecule has 0 fully saturated rings. The lowest BCUT2D eigenvalue weighted by molar-refractivity contribution is 0.0953. The zero-order valence-corrected chi connectivity index (χ0v) is 20.4. The zero-order chi connectivity index (χ0) is 23.9. The SMILES string of the molecule is Cc1cccc(C(=O)NCCCc2nc3ccccc3n2CCCOc2ccc(Cl)c(C)c2)c1. The fourth-order valence-corrected chi connectivity index (χ4v) is 4.14. The number of ether oxygens (including phenoxy) is 1. The highest BCUT2D eigenvalue weighted by molar-refractivity contribution is 6.31. The fraction of sp³-hybridized carbons (Fsp3) is 0.286. The summed E-state index contributed by atoms with van der Waals surface area (Å²) in [6.07, 6.45) is 2.47. The third-order valence-corrected chi connectivity index (χ3v) is 6.22. The minimum absolute atomic E-state index is 0.0354. The first kappa shape index (κ1) is 23.8. The van der Waals surface area contributed by atoms with E-state index in [1.165, 1.54) is 0 Å². The first-order valence-electron chi connectivity index (χ1n) is 11.7. The van der Waals surface area contributed by atoms with Crippen LogP contribution >= 0.6 is 11.6 Å². The largest absolute Gasteiger partial charge is 0.494 e. The van der Waals surface area contributed by atoms with Crippen LogP contribution in [0.25, 0.3) is 11.0 Å².